The second-order valence-corrected chi connectivity index (χ2v) is 27.1. The molecule has 6 rings (SSSR count). The Morgan fingerprint density at radius 1 is 0.605 bits per heavy atom. The Kier molecular flexibility index (Phi) is 27.7. The topological polar surface area (TPSA) is 0 Å². The summed E-state index contributed by atoms with van der Waals surface area (Å²) in [4.78, 5) is 0. The van der Waals surface area contributed by atoms with E-state index in [1.54, 1.807) is 46.7 Å². The first kappa shape index (κ1) is 39.5. The summed E-state index contributed by atoms with van der Waals surface area (Å²) in [6.45, 7) is 9.23. The van der Waals surface area contributed by atoms with Crippen molar-refractivity contribution in [1.82, 2.24) is 0 Å². The first-order chi connectivity index (χ1) is 17.4. The summed E-state index contributed by atoms with van der Waals surface area (Å²) in [5.41, 5.74) is 0.421. The third-order valence-electron chi connectivity index (χ3n) is 4.27. The van der Waals surface area contributed by atoms with E-state index in [0.29, 0.717) is 0 Å². The van der Waals surface area contributed by atoms with Gasteiger partial charge in [0.05, 0.1) is 0 Å². The van der Waals surface area contributed by atoms with Crippen molar-refractivity contribution in [2.45, 2.75) is 39.0 Å². The van der Waals surface area contributed by atoms with Crippen molar-refractivity contribution in [3.05, 3.63) is 134 Å². The fourth-order valence-electron chi connectivity index (χ4n) is 2.82. The minimum absolute atomic E-state index is 0. The van der Waals surface area contributed by atoms with E-state index in [0.717, 1.165) is 12.8 Å². The maximum absolute atomic E-state index is 2.99. The molecule has 0 aromatic heterocycles. The first-order valence-electron chi connectivity index (χ1n) is 12.1. The van der Waals surface area contributed by atoms with Crippen molar-refractivity contribution in [1.29, 1.82) is 0 Å². The van der Waals surface area contributed by atoms with Crippen LogP contribution in [0.3, 0.4) is 0 Å². The van der Waals surface area contributed by atoms with E-state index in [1.165, 1.54) is 21.5 Å². The van der Waals surface area contributed by atoms with Crippen LogP contribution in [0.1, 0.15) is 12.8 Å². The van der Waals surface area contributed by atoms with E-state index in [-0.39, 0.29) is 35.7 Å². The summed E-state index contributed by atoms with van der Waals surface area (Å²) in [5.74, 6) is 0. The molecule has 0 radical (unpaired) electrons. The molecule has 0 spiro atoms. The molecule has 196 valence electrons. The Balaban J connectivity index is 0. The van der Waals surface area contributed by atoms with Crippen molar-refractivity contribution in [2.75, 3.05) is 0 Å². The summed E-state index contributed by atoms with van der Waals surface area (Å²) >= 11 is 3.48. The van der Waals surface area contributed by atoms with Crippen LogP contribution < -0.4 is 24.8 Å². The average Bonchev–Trinajstić information content (AvgIpc) is 3.68. The van der Waals surface area contributed by atoms with E-state index in [2.05, 4.69) is 135 Å². The summed E-state index contributed by atoms with van der Waals surface area (Å²) in [6.07, 6.45) is 20.0. The zero-order chi connectivity index (χ0) is 26.4. The Labute approximate surface area is 273 Å². The van der Waals surface area contributed by atoms with Crippen LogP contribution in [0.2, 0.25) is 26.2 Å². The molecular weight excluding hydrogens is 694 g/mol. The summed E-state index contributed by atoms with van der Waals surface area (Å²) in [5, 5.41) is 5.32. The Morgan fingerprint density at radius 2 is 0.947 bits per heavy atom. The van der Waals surface area contributed by atoms with Gasteiger partial charge in [-0.1, -0.05) is 12.1 Å². The third-order valence-corrected chi connectivity index (χ3v) is 4.27. The van der Waals surface area contributed by atoms with Crippen LogP contribution in [0.15, 0.2) is 121 Å². The van der Waals surface area contributed by atoms with E-state index in [1.807, 2.05) is 24.3 Å². The Hall–Kier alpha value is -0.600. The second-order valence-electron chi connectivity index (χ2n) is 8.32. The van der Waals surface area contributed by atoms with Crippen LogP contribution in [0.4, 0.5) is 0 Å². The zero-order valence-corrected chi connectivity index (χ0v) is 31.1. The van der Waals surface area contributed by atoms with Gasteiger partial charge in [0.1, 0.15) is 0 Å². The number of benzene rings is 2. The van der Waals surface area contributed by atoms with Crippen molar-refractivity contribution in [3.63, 3.8) is 0 Å². The van der Waals surface area contributed by atoms with Crippen molar-refractivity contribution in [3.8, 4) is 0 Å². The minimum Gasteiger partial charge on any atom is -1.00 e. The second kappa shape index (κ2) is 26.6. The van der Waals surface area contributed by atoms with Gasteiger partial charge in [0.15, 0.2) is 0 Å². The van der Waals surface area contributed by atoms with Crippen LogP contribution in [0.5, 0.6) is 0 Å². The first-order valence-corrected chi connectivity index (χ1v) is 24.5. The zero-order valence-electron chi connectivity index (χ0n) is 22.7. The standard InChI is InChI=1S/2C9H7.2C5H5.2C2H6Si.2ClH.2Zr/c2*1-2-5-9-7-3-6-8(9)4-1;2*1-2-4-5-3-1;2*1-3-2;;;;/h2*1-7H;2*1-3H,4H2;2*1-2H3;2*1H;;/q4*-1;;;;;2*+2/p-2. The van der Waals surface area contributed by atoms with Gasteiger partial charge in [-0.3, -0.25) is 12.2 Å². The fourth-order valence-corrected chi connectivity index (χ4v) is 2.82. The average molecular weight is 730 g/mol. The Morgan fingerprint density at radius 3 is 1.18 bits per heavy atom. The van der Waals surface area contributed by atoms with Gasteiger partial charge in [-0.25, -0.2) is 24.3 Å². The Bertz CT molecular complexity index is 1090. The number of hydrogen-bond donors (Lipinski definition) is 0. The molecule has 2 aliphatic carbocycles. The van der Waals surface area contributed by atoms with Crippen LogP contribution in [0, 0.1) is 12.2 Å². The molecule has 0 bridgehead atoms. The van der Waals surface area contributed by atoms with Gasteiger partial charge in [-0.2, -0.15) is 47.2 Å². The molecule has 0 unspecified atom stereocenters. The van der Waals surface area contributed by atoms with Crippen molar-refractivity contribution >= 4 is 32.4 Å². The smallest absolute Gasteiger partial charge is 0.0809 e. The van der Waals surface area contributed by atoms with Gasteiger partial charge in [0.2, 0.25) is 0 Å². The number of rotatable bonds is 0. The number of halogens is 2. The molecule has 4 aromatic carbocycles. The maximum Gasteiger partial charge on any atom is -0.0809 e. The normalized spacial score (nSPS) is 10.9. The van der Waals surface area contributed by atoms with E-state index >= 15 is 0 Å². The molecule has 0 nitrogen and oxygen atoms in total. The predicted octanol–water partition coefficient (Wildman–Crippen LogP) is 3.31. The molecule has 6 heteroatoms. The van der Waals surface area contributed by atoms with Crippen LogP contribution in [-0.4, -0.2) is 10.9 Å². The molecular formula is C32H36Cl2Si2Zr2-2. The maximum atomic E-state index is 2.99. The summed E-state index contributed by atoms with van der Waals surface area (Å²) in [7, 11) is 0. The largest absolute Gasteiger partial charge is 1.00 e. The van der Waals surface area contributed by atoms with Gasteiger partial charge in [-0.15, -0.1) is 72.1 Å². The van der Waals surface area contributed by atoms with Crippen molar-refractivity contribution in [2.24, 2.45) is 0 Å². The molecule has 2 aliphatic rings. The van der Waals surface area contributed by atoms with Gasteiger partial charge < -0.3 is 24.8 Å². The molecule has 4 aromatic rings. The van der Waals surface area contributed by atoms with E-state index < -0.39 is 0 Å². The molecule has 0 saturated heterocycles. The fraction of sp³-hybridized carbons (Fsp3) is 0.188. The van der Waals surface area contributed by atoms with Crippen molar-refractivity contribution < 1.29 is 71.5 Å². The van der Waals surface area contributed by atoms with Crippen LogP contribution in [-0.2, 0) is 46.7 Å². The summed E-state index contributed by atoms with van der Waals surface area (Å²) in [6, 6.07) is 29.3. The predicted molar refractivity (Wildman–Crippen MR) is 157 cm³/mol. The summed E-state index contributed by atoms with van der Waals surface area (Å²) < 4.78 is 0. The molecule has 0 heterocycles. The van der Waals surface area contributed by atoms with Crippen LogP contribution >= 0.6 is 0 Å². The van der Waals surface area contributed by atoms with E-state index in [4.69, 9.17) is 0 Å². The molecule has 0 N–H and O–H groups in total. The van der Waals surface area contributed by atoms with Gasteiger partial charge in [0, 0.05) is 0 Å². The molecule has 0 saturated carbocycles. The van der Waals surface area contributed by atoms with Gasteiger partial charge >= 0.3 is 83.7 Å². The van der Waals surface area contributed by atoms with E-state index in [9.17, 15) is 0 Å². The van der Waals surface area contributed by atoms with Crippen LogP contribution in [0.25, 0.3) is 21.5 Å². The van der Waals surface area contributed by atoms with Gasteiger partial charge in [-0.05, 0) is 0 Å². The molecule has 0 fully saturated rings. The molecule has 38 heavy (non-hydrogen) atoms. The third kappa shape index (κ3) is 22.2. The minimum atomic E-state index is 0. The molecule has 0 aliphatic heterocycles. The SMILES string of the molecule is C[Si](C)=[Zr+2].C[Si](C)=[Zr+2].[C-]1=CC=CC1.[C-]1=CC=CC1.[Cl-].[Cl-].c1ccc2[cH-]ccc2c1.c1ccc2[cH-]ccc2c1. The monoisotopic (exact) mass is 726 g/mol. The quantitative estimate of drug-likeness (QED) is 0.193. The number of allylic oxidation sites excluding steroid dienone is 8. The number of fused-ring (bicyclic) bond motifs is 2. The molecule has 0 atom stereocenters. The van der Waals surface area contributed by atoms with Gasteiger partial charge in [0.25, 0.3) is 0 Å². The number of hydrogen-bond acceptors (Lipinski definition) is 0. The molecule has 0 amide bonds.